The van der Waals surface area contributed by atoms with Crippen molar-refractivity contribution >= 4 is 11.5 Å². The van der Waals surface area contributed by atoms with Crippen molar-refractivity contribution in [3.05, 3.63) is 35.7 Å². The Balaban J connectivity index is 2.08. The van der Waals surface area contributed by atoms with Gasteiger partial charge in [-0.05, 0) is 17.7 Å². The molecule has 2 rings (SSSR count). The van der Waals surface area contributed by atoms with Crippen LogP contribution in [0.4, 0.5) is 0 Å². The Hall–Kier alpha value is -1.46. The van der Waals surface area contributed by atoms with Crippen molar-refractivity contribution in [2.45, 2.75) is 19.9 Å². The van der Waals surface area contributed by atoms with E-state index in [2.05, 4.69) is 9.36 Å². The van der Waals surface area contributed by atoms with Gasteiger partial charge >= 0.3 is 0 Å². The molecule has 0 aliphatic rings. The van der Waals surface area contributed by atoms with Crippen LogP contribution in [0.3, 0.4) is 0 Å². The minimum Gasteiger partial charge on any atom is -0.430 e. The number of benzene rings is 1. The lowest BCUT2D eigenvalue weighted by atomic mass is 10.2. The highest BCUT2D eigenvalue weighted by molar-refractivity contribution is 7.07. The molecule has 0 fully saturated rings. The molecule has 0 saturated carbocycles. The SMILES string of the molecule is CCc1nsc(Oc2ccc(CN)cc2)n1. The van der Waals surface area contributed by atoms with Gasteiger partial charge in [0, 0.05) is 24.5 Å². The third-order valence-corrected chi connectivity index (χ3v) is 2.76. The third-order valence-electron chi connectivity index (χ3n) is 2.13. The van der Waals surface area contributed by atoms with Crippen LogP contribution >= 0.6 is 11.5 Å². The number of nitrogens with two attached hydrogens (primary N) is 1. The molecule has 2 aromatic rings. The molecule has 1 aromatic carbocycles. The van der Waals surface area contributed by atoms with E-state index >= 15 is 0 Å². The van der Waals surface area contributed by atoms with Gasteiger partial charge in [-0.15, -0.1) is 0 Å². The summed E-state index contributed by atoms with van der Waals surface area (Å²) in [5.74, 6) is 1.58. The summed E-state index contributed by atoms with van der Waals surface area (Å²) in [6, 6.07) is 7.65. The van der Waals surface area contributed by atoms with Crippen molar-refractivity contribution in [3.63, 3.8) is 0 Å². The van der Waals surface area contributed by atoms with Crippen LogP contribution < -0.4 is 10.5 Å². The first-order valence-electron chi connectivity index (χ1n) is 5.11. The Labute approximate surface area is 98.3 Å². The first kappa shape index (κ1) is 11.0. The second kappa shape index (κ2) is 5.05. The first-order chi connectivity index (χ1) is 7.81. The normalized spacial score (nSPS) is 10.4. The van der Waals surface area contributed by atoms with Gasteiger partial charge in [0.25, 0.3) is 5.19 Å². The Morgan fingerprint density at radius 1 is 1.31 bits per heavy atom. The zero-order valence-corrected chi connectivity index (χ0v) is 9.83. The number of aromatic nitrogens is 2. The molecule has 16 heavy (non-hydrogen) atoms. The predicted octanol–water partition coefficient (Wildman–Crippen LogP) is 2.35. The molecule has 0 atom stereocenters. The van der Waals surface area contributed by atoms with Gasteiger partial charge in [0.05, 0.1) is 0 Å². The summed E-state index contributed by atoms with van der Waals surface area (Å²) in [7, 11) is 0. The monoisotopic (exact) mass is 235 g/mol. The fourth-order valence-electron chi connectivity index (χ4n) is 1.22. The van der Waals surface area contributed by atoms with E-state index in [9.17, 15) is 0 Å². The van der Waals surface area contributed by atoms with Gasteiger partial charge in [0.2, 0.25) is 0 Å². The molecule has 0 aliphatic carbocycles. The van der Waals surface area contributed by atoms with Crippen molar-refractivity contribution in [1.82, 2.24) is 9.36 Å². The summed E-state index contributed by atoms with van der Waals surface area (Å²) < 4.78 is 9.71. The van der Waals surface area contributed by atoms with Crippen LogP contribution in [0.2, 0.25) is 0 Å². The van der Waals surface area contributed by atoms with Crippen LogP contribution in [0, 0.1) is 0 Å². The van der Waals surface area contributed by atoms with E-state index in [0.717, 1.165) is 23.6 Å². The summed E-state index contributed by atoms with van der Waals surface area (Å²) in [5.41, 5.74) is 6.59. The highest BCUT2D eigenvalue weighted by Crippen LogP contribution is 2.23. The number of aryl methyl sites for hydroxylation is 1. The number of nitrogens with zero attached hydrogens (tertiary/aromatic N) is 2. The van der Waals surface area contributed by atoms with E-state index in [-0.39, 0.29) is 0 Å². The second-order valence-electron chi connectivity index (χ2n) is 3.28. The van der Waals surface area contributed by atoms with Crippen LogP contribution in [-0.4, -0.2) is 9.36 Å². The third kappa shape index (κ3) is 2.56. The smallest absolute Gasteiger partial charge is 0.298 e. The molecule has 0 spiro atoms. The average Bonchev–Trinajstić information content (AvgIpc) is 2.78. The Morgan fingerprint density at radius 2 is 2.06 bits per heavy atom. The molecule has 0 radical (unpaired) electrons. The van der Waals surface area contributed by atoms with Gasteiger partial charge in [0.15, 0.2) is 0 Å². The fraction of sp³-hybridized carbons (Fsp3) is 0.273. The summed E-state index contributed by atoms with van der Waals surface area (Å²) >= 11 is 1.27. The highest BCUT2D eigenvalue weighted by atomic mass is 32.1. The lowest BCUT2D eigenvalue weighted by Crippen LogP contribution is -1.95. The minimum absolute atomic E-state index is 0.541. The maximum Gasteiger partial charge on any atom is 0.298 e. The molecule has 0 bridgehead atoms. The molecule has 1 aromatic heterocycles. The lowest BCUT2D eigenvalue weighted by Gasteiger charge is -2.01. The molecular weight excluding hydrogens is 222 g/mol. The van der Waals surface area contributed by atoms with E-state index in [1.807, 2.05) is 31.2 Å². The summed E-state index contributed by atoms with van der Waals surface area (Å²) in [6.45, 7) is 2.56. The summed E-state index contributed by atoms with van der Waals surface area (Å²) in [6.07, 6.45) is 0.825. The van der Waals surface area contributed by atoms with Crippen LogP contribution in [0.5, 0.6) is 10.9 Å². The van der Waals surface area contributed by atoms with Gasteiger partial charge in [-0.2, -0.15) is 9.36 Å². The number of hydrogen-bond donors (Lipinski definition) is 1. The molecule has 5 heteroatoms. The van der Waals surface area contributed by atoms with Crippen molar-refractivity contribution in [2.75, 3.05) is 0 Å². The van der Waals surface area contributed by atoms with Crippen molar-refractivity contribution in [3.8, 4) is 10.9 Å². The van der Waals surface area contributed by atoms with E-state index in [1.54, 1.807) is 0 Å². The number of rotatable bonds is 4. The minimum atomic E-state index is 0.541. The Bertz CT molecular complexity index is 453. The highest BCUT2D eigenvalue weighted by Gasteiger charge is 2.04. The molecule has 0 aliphatic heterocycles. The molecule has 84 valence electrons. The van der Waals surface area contributed by atoms with Crippen LogP contribution in [0.25, 0.3) is 0 Å². The summed E-state index contributed by atoms with van der Waals surface area (Å²) in [5, 5.41) is 0.581. The molecular formula is C11H13N3OS. The van der Waals surface area contributed by atoms with Gasteiger partial charge in [-0.3, -0.25) is 0 Å². The Morgan fingerprint density at radius 3 is 2.62 bits per heavy atom. The zero-order valence-electron chi connectivity index (χ0n) is 9.01. The molecule has 1 heterocycles. The average molecular weight is 235 g/mol. The van der Waals surface area contributed by atoms with E-state index in [0.29, 0.717) is 11.7 Å². The maximum absolute atomic E-state index is 5.56. The van der Waals surface area contributed by atoms with Crippen molar-refractivity contribution in [1.29, 1.82) is 0 Å². The molecule has 2 N–H and O–H groups in total. The molecule has 0 amide bonds. The number of hydrogen-bond acceptors (Lipinski definition) is 5. The first-order valence-corrected chi connectivity index (χ1v) is 5.88. The van der Waals surface area contributed by atoms with Crippen molar-refractivity contribution < 1.29 is 4.74 Å². The van der Waals surface area contributed by atoms with Crippen LogP contribution in [0.1, 0.15) is 18.3 Å². The van der Waals surface area contributed by atoms with E-state index < -0.39 is 0 Å². The van der Waals surface area contributed by atoms with Crippen LogP contribution in [-0.2, 0) is 13.0 Å². The Kier molecular flexibility index (Phi) is 3.48. The zero-order chi connectivity index (χ0) is 11.4. The fourth-order valence-corrected chi connectivity index (χ4v) is 1.85. The van der Waals surface area contributed by atoms with Crippen LogP contribution in [0.15, 0.2) is 24.3 Å². The lowest BCUT2D eigenvalue weighted by molar-refractivity contribution is 0.477. The van der Waals surface area contributed by atoms with Gasteiger partial charge in [-0.25, -0.2) is 0 Å². The van der Waals surface area contributed by atoms with Gasteiger partial charge in [-0.1, -0.05) is 19.1 Å². The predicted molar refractivity (Wildman–Crippen MR) is 63.7 cm³/mol. The molecule has 0 unspecified atom stereocenters. The molecule has 0 saturated heterocycles. The molecule has 4 nitrogen and oxygen atoms in total. The van der Waals surface area contributed by atoms with Gasteiger partial charge in [0.1, 0.15) is 11.6 Å². The largest absolute Gasteiger partial charge is 0.430 e. The topological polar surface area (TPSA) is 61.0 Å². The van der Waals surface area contributed by atoms with Crippen molar-refractivity contribution in [2.24, 2.45) is 5.73 Å². The standard InChI is InChI=1S/C11H13N3OS/c1-2-10-13-11(16-14-10)15-9-5-3-8(7-12)4-6-9/h3-6H,2,7,12H2,1H3. The second-order valence-corrected chi connectivity index (χ2v) is 3.99. The quantitative estimate of drug-likeness (QED) is 0.883. The van der Waals surface area contributed by atoms with Gasteiger partial charge < -0.3 is 10.5 Å². The maximum atomic E-state index is 5.56. The van der Waals surface area contributed by atoms with E-state index in [4.69, 9.17) is 10.5 Å². The van der Waals surface area contributed by atoms with E-state index in [1.165, 1.54) is 11.5 Å². The summed E-state index contributed by atoms with van der Waals surface area (Å²) in [4.78, 5) is 4.23. The number of ether oxygens (including phenoxy) is 1.